The lowest BCUT2D eigenvalue weighted by atomic mass is 10.1. The van der Waals surface area contributed by atoms with Crippen molar-refractivity contribution in [1.29, 1.82) is 0 Å². The lowest BCUT2D eigenvalue weighted by Crippen LogP contribution is -2.24. The van der Waals surface area contributed by atoms with Crippen LogP contribution in [0.25, 0.3) is 34.0 Å². The van der Waals surface area contributed by atoms with Crippen molar-refractivity contribution in [1.82, 2.24) is 14.1 Å². The standard InChI is InChI=1S/C26H20IN3O/c1-29-17-19(21-9-5-6-10-24(21)29)11-14-25-28-23-13-12-20(27)15-22(23)26(31)30(25)16-18-7-3-2-4-8-18/h2-15,17H,16H2,1H3/b14-11+. The maximum absolute atomic E-state index is 13.4. The van der Waals surface area contributed by atoms with Gasteiger partial charge in [-0.3, -0.25) is 9.36 Å². The SMILES string of the molecule is Cn1cc(/C=C/c2nc3ccc(I)cc3c(=O)n2Cc2ccccc2)c2ccccc21. The first kappa shape index (κ1) is 19.8. The maximum Gasteiger partial charge on any atom is 0.261 e. The number of aryl methyl sites for hydroxylation is 1. The van der Waals surface area contributed by atoms with Gasteiger partial charge in [0, 0.05) is 33.3 Å². The van der Waals surface area contributed by atoms with Crippen molar-refractivity contribution in [3.63, 3.8) is 0 Å². The summed E-state index contributed by atoms with van der Waals surface area (Å²) in [6.45, 7) is 0.475. The maximum atomic E-state index is 13.4. The van der Waals surface area contributed by atoms with E-state index >= 15 is 0 Å². The van der Waals surface area contributed by atoms with Crippen LogP contribution in [0.1, 0.15) is 17.0 Å². The number of halogens is 1. The summed E-state index contributed by atoms with van der Waals surface area (Å²) in [7, 11) is 2.04. The summed E-state index contributed by atoms with van der Waals surface area (Å²) in [5.74, 6) is 0.649. The Bertz CT molecular complexity index is 1500. The van der Waals surface area contributed by atoms with Gasteiger partial charge in [0.25, 0.3) is 5.56 Å². The lowest BCUT2D eigenvalue weighted by Gasteiger charge is -2.12. The Kier molecular flexibility index (Phi) is 5.19. The van der Waals surface area contributed by atoms with Crippen molar-refractivity contribution in [3.05, 3.63) is 110 Å². The minimum Gasteiger partial charge on any atom is -0.350 e. The molecule has 0 radical (unpaired) electrons. The Labute approximate surface area is 193 Å². The van der Waals surface area contributed by atoms with Gasteiger partial charge in [0.05, 0.1) is 17.4 Å². The molecular formula is C26H20IN3O. The highest BCUT2D eigenvalue weighted by molar-refractivity contribution is 14.1. The van der Waals surface area contributed by atoms with Crippen LogP contribution >= 0.6 is 22.6 Å². The average Bonchev–Trinajstić information content (AvgIpc) is 3.11. The first-order valence-electron chi connectivity index (χ1n) is 10.1. The summed E-state index contributed by atoms with van der Waals surface area (Å²) in [6.07, 6.45) is 6.10. The van der Waals surface area contributed by atoms with Crippen LogP contribution in [0.3, 0.4) is 0 Å². The van der Waals surface area contributed by atoms with Gasteiger partial charge >= 0.3 is 0 Å². The third kappa shape index (κ3) is 3.81. The second kappa shape index (κ2) is 8.15. The summed E-state index contributed by atoms with van der Waals surface area (Å²) >= 11 is 2.23. The van der Waals surface area contributed by atoms with Gasteiger partial charge in [-0.2, -0.15) is 0 Å². The average molecular weight is 517 g/mol. The summed E-state index contributed by atoms with van der Waals surface area (Å²) in [5, 5.41) is 1.82. The quantitative estimate of drug-likeness (QED) is 0.287. The van der Waals surface area contributed by atoms with Crippen LogP contribution in [0.4, 0.5) is 0 Å². The van der Waals surface area contributed by atoms with Gasteiger partial charge in [-0.15, -0.1) is 0 Å². The van der Waals surface area contributed by atoms with Crippen molar-refractivity contribution >= 4 is 56.5 Å². The second-order valence-corrected chi connectivity index (χ2v) is 8.80. The predicted octanol–water partition coefficient (Wildman–Crippen LogP) is 5.71. The van der Waals surface area contributed by atoms with Gasteiger partial charge in [-0.1, -0.05) is 48.5 Å². The van der Waals surface area contributed by atoms with Crippen molar-refractivity contribution in [2.75, 3.05) is 0 Å². The molecule has 3 aromatic carbocycles. The monoisotopic (exact) mass is 517 g/mol. The van der Waals surface area contributed by atoms with Crippen LogP contribution in [-0.2, 0) is 13.6 Å². The first-order valence-corrected chi connectivity index (χ1v) is 11.1. The molecule has 152 valence electrons. The van der Waals surface area contributed by atoms with E-state index in [2.05, 4.69) is 45.5 Å². The fourth-order valence-corrected chi connectivity index (χ4v) is 4.42. The van der Waals surface area contributed by atoms with E-state index in [1.807, 2.05) is 79.9 Å². The molecule has 0 saturated carbocycles. The summed E-state index contributed by atoms with van der Waals surface area (Å²) in [4.78, 5) is 18.3. The van der Waals surface area contributed by atoms with Gasteiger partial charge in [-0.05, 0) is 64.6 Å². The number of hydrogen-bond acceptors (Lipinski definition) is 2. The zero-order chi connectivity index (χ0) is 21.4. The third-order valence-electron chi connectivity index (χ3n) is 5.47. The number of fused-ring (bicyclic) bond motifs is 2. The molecule has 5 rings (SSSR count). The molecule has 0 saturated heterocycles. The largest absolute Gasteiger partial charge is 0.350 e. The minimum atomic E-state index is -0.0232. The Balaban J connectivity index is 1.67. The molecule has 2 aromatic heterocycles. The normalized spacial score (nSPS) is 11.7. The van der Waals surface area contributed by atoms with Crippen LogP contribution in [0.2, 0.25) is 0 Å². The van der Waals surface area contributed by atoms with Gasteiger partial charge in [0.15, 0.2) is 0 Å². The Morgan fingerprint density at radius 3 is 2.55 bits per heavy atom. The molecule has 0 N–H and O–H groups in total. The van der Waals surface area contributed by atoms with Gasteiger partial charge in [0.2, 0.25) is 0 Å². The molecule has 31 heavy (non-hydrogen) atoms. The molecule has 5 heteroatoms. The summed E-state index contributed by atoms with van der Waals surface area (Å²) in [6, 6.07) is 24.1. The molecule has 0 bridgehead atoms. The van der Waals surface area contributed by atoms with Gasteiger partial charge in [-0.25, -0.2) is 4.98 Å². The van der Waals surface area contributed by atoms with E-state index in [0.717, 1.165) is 14.7 Å². The topological polar surface area (TPSA) is 39.8 Å². The first-order chi connectivity index (χ1) is 15.1. The van der Waals surface area contributed by atoms with Crippen molar-refractivity contribution in [2.24, 2.45) is 7.05 Å². The number of aromatic nitrogens is 3. The Morgan fingerprint density at radius 2 is 1.71 bits per heavy atom. The molecule has 0 atom stereocenters. The molecule has 0 aliphatic rings. The summed E-state index contributed by atoms with van der Waals surface area (Å²) in [5.41, 5.74) is 4.03. The third-order valence-corrected chi connectivity index (χ3v) is 6.14. The van der Waals surface area contributed by atoms with E-state index in [9.17, 15) is 4.79 Å². The highest BCUT2D eigenvalue weighted by Crippen LogP contribution is 2.22. The minimum absolute atomic E-state index is 0.0232. The molecule has 0 unspecified atom stereocenters. The number of benzene rings is 3. The number of para-hydroxylation sites is 1. The van der Waals surface area contributed by atoms with E-state index in [4.69, 9.17) is 4.98 Å². The number of rotatable bonds is 4. The molecule has 4 nitrogen and oxygen atoms in total. The lowest BCUT2D eigenvalue weighted by molar-refractivity contribution is 0.738. The molecule has 2 heterocycles. The van der Waals surface area contributed by atoms with Gasteiger partial charge < -0.3 is 4.57 Å². The van der Waals surface area contributed by atoms with Crippen molar-refractivity contribution in [2.45, 2.75) is 6.54 Å². The molecule has 0 aliphatic heterocycles. The summed E-state index contributed by atoms with van der Waals surface area (Å²) < 4.78 is 4.89. The fraction of sp³-hybridized carbons (Fsp3) is 0.0769. The van der Waals surface area contributed by atoms with Gasteiger partial charge in [0.1, 0.15) is 5.82 Å². The molecule has 0 aliphatic carbocycles. The molecule has 5 aromatic rings. The second-order valence-electron chi connectivity index (χ2n) is 7.55. The van der Waals surface area contributed by atoms with E-state index in [0.29, 0.717) is 23.3 Å². The molecular weight excluding hydrogens is 497 g/mol. The smallest absolute Gasteiger partial charge is 0.261 e. The van der Waals surface area contributed by atoms with Crippen LogP contribution in [0.5, 0.6) is 0 Å². The van der Waals surface area contributed by atoms with Crippen molar-refractivity contribution in [3.8, 4) is 0 Å². The Morgan fingerprint density at radius 1 is 0.935 bits per heavy atom. The van der Waals surface area contributed by atoms with Crippen LogP contribution in [0.15, 0.2) is 83.8 Å². The molecule has 0 fully saturated rings. The van der Waals surface area contributed by atoms with Crippen LogP contribution in [0, 0.1) is 3.57 Å². The van der Waals surface area contributed by atoms with Crippen LogP contribution in [-0.4, -0.2) is 14.1 Å². The predicted molar refractivity (Wildman–Crippen MR) is 136 cm³/mol. The fourth-order valence-electron chi connectivity index (χ4n) is 3.93. The zero-order valence-corrected chi connectivity index (χ0v) is 19.2. The van der Waals surface area contributed by atoms with E-state index < -0.39 is 0 Å². The highest BCUT2D eigenvalue weighted by atomic mass is 127. The van der Waals surface area contributed by atoms with E-state index in [1.165, 1.54) is 10.9 Å². The zero-order valence-electron chi connectivity index (χ0n) is 17.0. The van der Waals surface area contributed by atoms with E-state index in [-0.39, 0.29) is 5.56 Å². The Hall–Kier alpha value is -3.19. The van der Waals surface area contributed by atoms with Crippen LogP contribution < -0.4 is 5.56 Å². The highest BCUT2D eigenvalue weighted by Gasteiger charge is 2.11. The van der Waals surface area contributed by atoms with Crippen molar-refractivity contribution < 1.29 is 0 Å². The number of hydrogen-bond donors (Lipinski definition) is 0. The number of nitrogens with zero attached hydrogens (tertiary/aromatic N) is 3. The molecule has 0 spiro atoms. The van der Waals surface area contributed by atoms with E-state index in [1.54, 1.807) is 4.57 Å². The molecule has 0 amide bonds.